The monoisotopic (exact) mass is 402 g/mol. The molecule has 1 heterocycles. The van der Waals surface area contributed by atoms with Crippen LogP contribution in [0.1, 0.15) is 44.7 Å². The Labute approximate surface area is 139 Å². The van der Waals surface area contributed by atoms with Gasteiger partial charge in [0.1, 0.15) is 0 Å². The highest BCUT2D eigenvalue weighted by molar-refractivity contribution is 9.13. The number of rotatable bonds is 4. The van der Waals surface area contributed by atoms with Crippen LogP contribution in [0.4, 0.5) is 0 Å². The molecule has 1 aliphatic heterocycles. The molecule has 1 fully saturated rings. The first-order valence-electron chi connectivity index (χ1n) is 7.38. The number of nitrogens with zero attached hydrogens (tertiary/aromatic N) is 1. The summed E-state index contributed by atoms with van der Waals surface area (Å²) in [5.74, 6) is 0. The molecule has 1 aromatic carbocycles. The van der Waals surface area contributed by atoms with Crippen molar-refractivity contribution in [3.8, 4) is 0 Å². The Hall–Kier alpha value is 0.1000. The predicted molar refractivity (Wildman–Crippen MR) is 92.8 cm³/mol. The van der Waals surface area contributed by atoms with Crippen LogP contribution in [0, 0.1) is 5.41 Å². The Balaban J connectivity index is 2.11. The lowest BCUT2D eigenvalue weighted by atomic mass is 9.78. The van der Waals surface area contributed by atoms with Crippen molar-refractivity contribution in [3.05, 3.63) is 32.7 Å². The van der Waals surface area contributed by atoms with Crippen LogP contribution in [0.3, 0.4) is 0 Å². The number of hydrogen-bond donors (Lipinski definition) is 1. The van der Waals surface area contributed by atoms with E-state index in [4.69, 9.17) is 5.73 Å². The van der Waals surface area contributed by atoms with E-state index in [-0.39, 0.29) is 0 Å². The van der Waals surface area contributed by atoms with Crippen LogP contribution in [0.2, 0.25) is 0 Å². The zero-order chi connectivity index (χ0) is 14.8. The molecule has 0 aromatic heterocycles. The van der Waals surface area contributed by atoms with Crippen molar-refractivity contribution in [2.45, 2.75) is 39.2 Å². The molecule has 0 aliphatic carbocycles. The molecule has 1 unspecified atom stereocenters. The molecule has 0 amide bonds. The molecule has 1 aliphatic rings. The van der Waals surface area contributed by atoms with Gasteiger partial charge in [-0.25, -0.2) is 0 Å². The van der Waals surface area contributed by atoms with Gasteiger partial charge in [0.2, 0.25) is 0 Å². The molecule has 2 rings (SSSR count). The van der Waals surface area contributed by atoms with Crippen LogP contribution in [0.25, 0.3) is 0 Å². The fourth-order valence-electron chi connectivity index (χ4n) is 2.94. The smallest absolute Gasteiger partial charge is 0.0470 e. The molecule has 2 N–H and O–H groups in total. The second kappa shape index (κ2) is 6.91. The summed E-state index contributed by atoms with van der Waals surface area (Å²) in [6.07, 6.45) is 3.83. The van der Waals surface area contributed by atoms with Crippen molar-refractivity contribution in [2.75, 3.05) is 19.6 Å². The molecule has 0 spiro atoms. The van der Waals surface area contributed by atoms with E-state index in [9.17, 15) is 0 Å². The fourth-order valence-corrected chi connectivity index (χ4v) is 3.59. The Kier molecular flexibility index (Phi) is 5.69. The van der Waals surface area contributed by atoms with Crippen LogP contribution >= 0.6 is 31.9 Å². The minimum absolute atomic E-state index is 0.334. The maximum absolute atomic E-state index is 6.06. The predicted octanol–water partition coefficient (Wildman–Crippen LogP) is 4.72. The zero-order valence-corrected chi connectivity index (χ0v) is 15.5. The largest absolute Gasteiger partial charge is 0.329 e. The van der Waals surface area contributed by atoms with Gasteiger partial charge in [0.15, 0.2) is 0 Å². The average Bonchev–Trinajstić information content (AvgIpc) is 2.46. The van der Waals surface area contributed by atoms with Gasteiger partial charge in [-0.15, -0.1) is 0 Å². The van der Waals surface area contributed by atoms with E-state index in [1.165, 1.54) is 24.8 Å². The first-order valence-corrected chi connectivity index (χ1v) is 8.97. The summed E-state index contributed by atoms with van der Waals surface area (Å²) in [5.41, 5.74) is 7.89. The van der Waals surface area contributed by atoms with Crippen molar-refractivity contribution >= 4 is 31.9 Å². The molecule has 1 aromatic rings. The highest BCUT2D eigenvalue weighted by atomic mass is 79.9. The van der Waals surface area contributed by atoms with Gasteiger partial charge in [0.25, 0.3) is 0 Å². The van der Waals surface area contributed by atoms with Gasteiger partial charge >= 0.3 is 0 Å². The number of benzene rings is 1. The molecular formula is C16H24Br2N2. The van der Waals surface area contributed by atoms with Crippen LogP contribution in [0.15, 0.2) is 27.1 Å². The van der Waals surface area contributed by atoms with E-state index in [2.05, 4.69) is 68.8 Å². The zero-order valence-electron chi connectivity index (χ0n) is 12.3. The van der Waals surface area contributed by atoms with E-state index in [1.54, 1.807) is 0 Å². The molecule has 0 radical (unpaired) electrons. The first kappa shape index (κ1) is 16.5. The van der Waals surface area contributed by atoms with E-state index in [0.717, 1.165) is 22.0 Å². The van der Waals surface area contributed by atoms with Gasteiger partial charge < -0.3 is 5.73 Å². The number of likely N-dealkylation sites (tertiary alicyclic amines) is 1. The lowest BCUT2D eigenvalue weighted by Crippen LogP contribution is -2.42. The standard InChI is InChI=1S/C16H24Br2N2/c1-3-16(2)6-8-20(9-7-16)15(11-19)12-4-5-13(17)14(18)10-12/h4-5,10,15H,3,6-9,11,19H2,1-2H3. The van der Waals surface area contributed by atoms with Crippen LogP contribution < -0.4 is 5.73 Å². The van der Waals surface area contributed by atoms with E-state index in [0.29, 0.717) is 18.0 Å². The maximum atomic E-state index is 6.06. The second-order valence-corrected chi connectivity index (χ2v) is 7.83. The summed E-state index contributed by atoms with van der Waals surface area (Å²) in [6, 6.07) is 6.80. The summed E-state index contributed by atoms with van der Waals surface area (Å²) in [6.45, 7) is 7.70. The minimum Gasteiger partial charge on any atom is -0.329 e. The second-order valence-electron chi connectivity index (χ2n) is 6.13. The van der Waals surface area contributed by atoms with Gasteiger partial charge in [-0.05, 0) is 80.9 Å². The molecule has 1 atom stereocenters. The maximum Gasteiger partial charge on any atom is 0.0470 e. The van der Waals surface area contributed by atoms with Crippen molar-refractivity contribution < 1.29 is 0 Å². The highest BCUT2D eigenvalue weighted by Gasteiger charge is 2.31. The van der Waals surface area contributed by atoms with Gasteiger partial charge in [0.05, 0.1) is 0 Å². The lowest BCUT2D eigenvalue weighted by molar-refractivity contribution is 0.0829. The number of hydrogen-bond acceptors (Lipinski definition) is 2. The third-order valence-corrected chi connectivity index (χ3v) is 6.73. The van der Waals surface area contributed by atoms with Crippen LogP contribution in [0.5, 0.6) is 0 Å². The summed E-state index contributed by atoms with van der Waals surface area (Å²) in [4.78, 5) is 2.55. The number of halogens is 2. The molecule has 1 saturated heterocycles. The van der Waals surface area contributed by atoms with Gasteiger partial charge in [-0.2, -0.15) is 0 Å². The molecular weight excluding hydrogens is 380 g/mol. The van der Waals surface area contributed by atoms with Crippen molar-refractivity contribution in [3.63, 3.8) is 0 Å². The normalized spacial score (nSPS) is 20.9. The number of nitrogens with two attached hydrogens (primary N) is 1. The summed E-state index contributed by atoms with van der Waals surface area (Å²) >= 11 is 7.12. The topological polar surface area (TPSA) is 29.3 Å². The molecule has 0 saturated carbocycles. The SMILES string of the molecule is CCC1(C)CCN(C(CN)c2ccc(Br)c(Br)c2)CC1. The summed E-state index contributed by atoms with van der Waals surface area (Å²) in [7, 11) is 0. The minimum atomic E-state index is 0.334. The Morgan fingerprint density at radius 3 is 2.40 bits per heavy atom. The Morgan fingerprint density at radius 2 is 1.90 bits per heavy atom. The van der Waals surface area contributed by atoms with Crippen LogP contribution in [-0.2, 0) is 0 Å². The average molecular weight is 404 g/mol. The van der Waals surface area contributed by atoms with Gasteiger partial charge in [-0.3, -0.25) is 4.90 Å². The third-order valence-electron chi connectivity index (χ3n) is 4.85. The van der Waals surface area contributed by atoms with Crippen molar-refractivity contribution in [1.82, 2.24) is 4.90 Å². The molecule has 2 nitrogen and oxygen atoms in total. The van der Waals surface area contributed by atoms with Crippen LogP contribution in [-0.4, -0.2) is 24.5 Å². The fraction of sp³-hybridized carbons (Fsp3) is 0.625. The van der Waals surface area contributed by atoms with Crippen molar-refractivity contribution in [1.29, 1.82) is 0 Å². The van der Waals surface area contributed by atoms with E-state index < -0.39 is 0 Å². The van der Waals surface area contributed by atoms with Gasteiger partial charge in [-0.1, -0.05) is 26.3 Å². The van der Waals surface area contributed by atoms with Crippen molar-refractivity contribution in [2.24, 2.45) is 11.1 Å². The summed E-state index contributed by atoms with van der Waals surface area (Å²) < 4.78 is 2.19. The molecule has 20 heavy (non-hydrogen) atoms. The molecule has 112 valence electrons. The molecule has 4 heteroatoms. The van der Waals surface area contributed by atoms with E-state index in [1.807, 2.05) is 0 Å². The molecule has 0 bridgehead atoms. The lowest BCUT2D eigenvalue weighted by Gasteiger charge is -2.42. The first-order chi connectivity index (χ1) is 9.49. The highest BCUT2D eigenvalue weighted by Crippen LogP contribution is 2.37. The summed E-state index contributed by atoms with van der Waals surface area (Å²) in [5, 5.41) is 0. The quantitative estimate of drug-likeness (QED) is 0.787. The van der Waals surface area contributed by atoms with Gasteiger partial charge in [0, 0.05) is 21.5 Å². The Bertz CT molecular complexity index is 454. The number of piperidine rings is 1. The van der Waals surface area contributed by atoms with E-state index >= 15 is 0 Å². The third kappa shape index (κ3) is 3.65. The Morgan fingerprint density at radius 1 is 1.25 bits per heavy atom.